The van der Waals surface area contributed by atoms with Crippen molar-refractivity contribution in [3.05, 3.63) is 64.5 Å². The van der Waals surface area contributed by atoms with Crippen LogP contribution < -0.4 is 5.32 Å². The van der Waals surface area contributed by atoms with Gasteiger partial charge in [-0.15, -0.1) is 0 Å². The van der Waals surface area contributed by atoms with Gasteiger partial charge in [0.2, 0.25) is 11.8 Å². The van der Waals surface area contributed by atoms with E-state index in [1.54, 1.807) is 13.8 Å². The first-order chi connectivity index (χ1) is 18.7. The molecule has 2 saturated heterocycles. The maximum Gasteiger partial charge on any atom is 0.310 e. The summed E-state index contributed by atoms with van der Waals surface area (Å²) in [5.41, 5.74) is -2.18. The van der Waals surface area contributed by atoms with Crippen LogP contribution >= 0.6 is 10.2 Å². The van der Waals surface area contributed by atoms with Crippen molar-refractivity contribution >= 4 is 27.9 Å². The Morgan fingerprint density at radius 3 is 2.27 bits per heavy atom. The van der Waals surface area contributed by atoms with Crippen LogP contribution in [0.3, 0.4) is 0 Å². The molecule has 7 nitrogen and oxygen atoms in total. The molecule has 2 aromatic carbocycles. The number of nitrogens with one attached hydrogen (secondary N) is 1. The Labute approximate surface area is 232 Å². The van der Waals surface area contributed by atoms with E-state index >= 15 is 4.39 Å². The molecule has 3 aliphatic rings. The number of piperidine rings is 2. The number of hydrogen-bond donors (Lipinski definition) is 2. The minimum absolute atomic E-state index is 0.0148. The first kappa shape index (κ1) is 29.4. The van der Waals surface area contributed by atoms with Gasteiger partial charge in [0.05, 0.1) is 12.1 Å². The molecule has 0 saturated carbocycles. The molecule has 0 spiro atoms. The van der Waals surface area contributed by atoms with E-state index in [0.717, 1.165) is 12.1 Å². The summed E-state index contributed by atoms with van der Waals surface area (Å²) >= 11 is 0. The number of nitrogens with zero attached hydrogens (tertiary/aromatic N) is 2. The molecular formula is C27H29F6N3O4S. The molecule has 0 bridgehead atoms. The van der Waals surface area contributed by atoms with E-state index in [4.69, 9.17) is 0 Å². The molecule has 2 atom stereocenters. The summed E-state index contributed by atoms with van der Waals surface area (Å²) in [5.74, 6) is -2.38. The van der Waals surface area contributed by atoms with E-state index in [9.17, 15) is 38.9 Å². The van der Waals surface area contributed by atoms with Crippen LogP contribution in [0.25, 0.3) is 0 Å². The third kappa shape index (κ3) is 5.21. The van der Waals surface area contributed by atoms with Gasteiger partial charge in [-0.25, -0.2) is 4.39 Å². The lowest BCUT2D eigenvalue weighted by molar-refractivity contribution is -0.137. The van der Waals surface area contributed by atoms with Crippen LogP contribution in [-0.4, -0.2) is 51.8 Å². The van der Waals surface area contributed by atoms with Crippen LogP contribution in [0, 0.1) is 11.2 Å². The third-order valence-electron chi connectivity index (χ3n) is 8.40. The molecule has 0 radical (unpaired) electrons. The van der Waals surface area contributed by atoms with Gasteiger partial charge < -0.3 is 10.0 Å². The predicted molar refractivity (Wildman–Crippen MR) is 138 cm³/mol. The third-order valence-corrected chi connectivity index (χ3v) is 9.56. The Morgan fingerprint density at radius 2 is 1.68 bits per heavy atom. The summed E-state index contributed by atoms with van der Waals surface area (Å²) in [6.07, 6.45) is 0.216. The lowest BCUT2D eigenvalue weighted by Crippen LogP contribution is -2.55. The smallest absolute Gasteiger partial charge is 0.310 e. The van der Waals surface area contributed by atoms with Crippen molar-refractivity contribution in [1.82, 2.24) is 15.1 Å². The number of amides is 3. The molecule has 2 unspecified atom stereocenters. The molecule has 224 valence electrons. The second-order valence-electron chi connectivity index (χ2n) is 11.7. The highest BCUT2D eigenvalue weighted by Crippen LogP contribution is 3.02. The molecule has 0 aromatic heterocycles. The number of halogens is 6. The number of likely N-dealkylation sites (tertiary alicyclic amines) is 1. The van der Waals surface area contributed by atoms with Gasteiger partial charge in [0.15, 0.2) is 0 Å². The van der Waals surface area contributed by atoms with E-state index < -0.39 is 55.7 Å². The molecule has 2 aromatic rings. The van der Waals surface area contributed by atoms with Gasteiger partial charge in [-0.2, -0.15) is 0 Å². The Hall–Kier alpha value is -3.10. The zero-order valence-electron chi connectivity index (χ0n) is 22.2. The molecule has 2 N–H and O–H groups in total. The molecule has 2 fully saturated rings. The van der Waals surface area contributed by atoms with Crippen molar-refractivity contribution in [1.29, 1.82) is 0 Å². The van der Waals surface area contributed by atoms with Gasteiger partial charge in [0.1, 0.15) is 16.8 Å². The highest BCUT2D eigenvalue weighted by molar-refractivity contribution is 8.45. The first-order valence-corrected chi connectivity index (χ1v) is 14.9. The van der Waals surface area contributed by atoms with Crippen LogP contribution in [0.15, 0.2) is 41.3 Å². The Kier molecular flexibility index (Phi) is 6.24. The fourth-order valence-electron chi connectivity index (χ4n) is 6.10. The minimum atomic E-state index is -9.78. The predicted octanol–water partition coefficient (Wildman–Crippen LogP) is 5.36. The minimum Gasteiger partial charge on any atom is -0.384 e. The average Bonchev–Trinajstić information content (AvgIpc) is 3.17. The lowest BCUT2D eigenvalue weighted by Gasteiger charge is -2.51. The zero-order valence-corrected chi connectivity index (χ0v) is 23.1. The summed E-state index contributed by atoms with van der Waals surface area (Å²) in [6.45, 7) is 3.78. The van der Waals surface area contributed by atoms with E-state index in [0.29, 0.717) is 17.7 Å². The summed E-state index contributed by atoms with van der Waals surface area (Å²) < 4.78 is 81.3. The second kappa shape index (κ2) is 8.71. The quantitative estimate of drug-likeness (QED) is 0.354. The standard InChI is InChI=1S/C27H29F6N3O4S/c1-26(2)15-35(13-16-3-5-17(6-4-16)41(29,30,31,32)33)12-11-27(26,40)20-8-7-18-19(23(20)28)14-36(25(18)39)21-9-10-22(37)34-24(21)38/h3-8,21,40H,9-15H2,1-2H3,(H,34,37,38). The Bertz CT molecular complexity index is 1470. The molecule has 0 aliphatic carbocycles. The number of benzene rings is 2. The monoisotopic (exact) mass is 605 g/mol. The van der Waals surface area contributed by atoms with E-state index in [-0.39, 0.29) is 62.1 Å². The highest BCUT2D eigenvalue weighted by atomic mass is 32.5. The highest BCUT2D eigenvalue weighted by Gasteiger charge is 2.65. The summed E-state index contributed by atoms with van der Waals surface area (Å²) in [6, 6.07) is 4.57. The van der Waals surface area contributed by atoms with Crippen molar-refractivity contribution in [2.75, 3.05) is 13.1 Å². The fraction of sp³-hybridized carbons (Fsp3) is 0.444. The molecule has 3 aliphatic heterocycles. The summed E-state index contributed by atoms with van der Waals surface area (Å²) in [7, 11) is -9.78. The van der Waals surface area contributed by atoms with Gasteiger partial charge in [0, 0.05) is 48.2 Å². The van der Waals surface area contributed by atoms with Crippen molar-refractivity contribution in [3.8, 4) is 0 Å². The van der Waals surface area contributed by atoms with E-state index in [1.807, 2.05) is 4.90 Å². The zero-order chi connectivity index (χ0) is 30.2. The van der Waals surface area contributed by atoms with Crippen molar-refractivity contribution in [2.45, 2.75) is 62.7 Å². The van der Waals surface area contributed by atoms with Gasteiger partial charge in [-0.1, -0.05) is 51.5 Å². The lowest BCUT2D eigenvalue weighted by atomic mass is 9.66. The fourth-order valence-corrected chi connectivity index (χ4v) is 6.75. The first-order valence-electron chi connectivity index (χ1n) is 12.9. The van der Waals surface area contributed by atoms with E-state index in [1.165, 1.54) is 17.0 Å². The second-order valence-corrected chi connectivity index (χ2v) is 14.1. The molecule has 3 amide bonds. The molecule has 41 heavy (non-hydrogen) atoms. The average molecular weight is 606 g/mol. The molecule has 5 rings (SSSR count). The summed E-state index contributed by atoms with van der Waals surface area (Å²) in [5, 5.41) is 14.0. The topological polar surface area (TPSA) is 89.9 Å². The van der Waals surface area contributed by atoms with Crippen molar-refractivity contribution in [2.24, 2.45) is 5.41 Å². The van der Waals surface area contributed by atoms with Crippen LogP contribution in [-0.2, 0) is 28.3 Å². The number of imide groups is 1. The maximum absolute atomic E-state index is 16.0. The van der Waals surface area contributed by atoms with Gasteiger partial charge in [-0.3, -0.25) is 24.6 Å². The van der Waals surface area contributed by atoms with Crippen LogP contribution in [0.2, 0.25) is 0 Å². The number of rotatable bonds is 5. The largest absolute Gasteiger partial charge is 0.384 e. The normalized spacial score (nSPS) is 26.8. The molecule has 14 heteroatoms. The van der Waals surface area contributed by atoms with E-state index in [2.05, 4.69) is 5.32 Å². The number of fused-ring (bicyclic) bond motifs is 1. The Morgan fingerprint density at radius 1 is 1.02 bits per heavy atom. The number of carbonyl (C=O) groups excluding carboxylic acids is 3. The van der Waals surface area contributed by atoms with Crippen LogP contribution in [0.5, 0.6) is 0 Å². The molecular weight excluding hydrogens is 576 g/mol. The number of aliphatic hydroxyl groups is 1. The summed E-state index contributed by atoms with van der Waals surface area (Å²) in [4.78, 5) is 37.9. The molecule has 3 heterocycles. The van der Waals surface area contributed by atoms with Crippen LogP contribution in [0.4, 0.5) is 23.8 Å². The van der Waals surface area contributed by atoms with Crippen molar-refractivity contribution < 1.29 is 43.3 Å². The van der Waals surface area contributed by atoms with Gasteiger partial charge >= 0.3 is 10.2 Å². The van der Waals surface area contributed by atoms with Gasteiger partial charge in [0.25, 0.3) is 5.91 Å². The number of carbonyl (C=O) groups is 3. The van der Waals surface area contributed by atoms with Crippen molar-refractivity contribution in [3.63, 3.8) is 0 Å². The maximum atomic E-state index is 16.0. The van der Waals surface area contributed by atoms with Gasteiger partial charge in [-0.05, 0) is 36.6 Å². The van der Waals surface area contributed by atoms with Crippen LogP contribution in [0.1, 0.15) is 60.2 Å². The SMILES string of the molecule is CC1(C)CN(Cc2ccc(S(F)(F)(F)(F)F)cc2)CCC1(O)c1ccc2c(c1F)CN(C1CCC(=O)NC1=O)C2=O. The Balaban J connectivity index is 1.34. The number of hydrogen-bond acceptors (Lipinski definition) is 5.